The molecule has 2 heterocycles. The molecule has 2 aliphatic rings. The third kappa shape index (κ3) is 10.4. The molecule has 0 saturated carbocycles. The Labute approximate surface area is 309 Å². The number of amides is 5. The van der Waals surface area contributed by atoms with Crippen molar-refractivity contribution in [2.45, 2.75) is 82.5 Å². The Hall–Kier alpha value is -5.72. The molecule has 4 N–H and O–H groups in total. The summed E-state index contributed by atoms with van der Waals surface area (Å²) in [5.41, 5.74) is 0.436. The molecule has 0 aromatic heterocycles. The summed E-state index contributed by atoms with van der Waals surface area (Å²) < 4.78 is 11.0. The number of nitrogens with one attached hydrogen (secondary N) is 4. The van der Waals surface area contributed by atoms with Crippen molar-refractivity contribution in [3.8, 4) is 5.75 Å². The second kappa shape index (κ2) is 18.2. The fraction of sp³-hybridized carbons (Fsp3) is 0.400. The van der Waals surface area contributed by atoms with E-state index in [1.165, 1.54) is 4.90 Å². The number of esters is 1. The molecule has 13 heteroatoms. The first-order valence-corrected chi connectivity index (χ1v) is 18.1. The summed E-state index contributed by atoms with van der Waals surface area (Å²) in [4.78, 5) is 81.4. The van der Waals surface area contributed by atoms with Crippen molar-refractivity contribution in [1.29, 1.82) is 0 Å². The molecule has 5 amide bonds. The number of rotatable bonds is 13. The van der Waals surface area contributed by atoms with Crippen LogP contribution in [0.2, 0.25) is 0 Å². The minimum atomic E-state index is -1.38. The van der Waals surface area contributed by atoms with Crippen molar-refractivity contribution in [3.63, 3.8) is 0 Å². The van der Waals surface area contributed by atoms with E-state index in [4.69, 9.17) is 9.47 Å². The van der Waals surface area contributed by atoms with E-state index < -0.39 is 53.3 Å². The van der Waals surface area contributed by atoms with Crippen LogP contribution in [0.1, 0.15) is 68.3 Å². The first-order chi connectivity index (χ1) is 25.6. The molecule has 0 bridgehead atoms. The Morgan fingerprint density at radius 3 is 2.26 bits per heavy atom. The fourth-order valence-electron chi connectivity index (χ4n) is 6.32. The molecule has 0 unspecified atom stereocenters. The Morgan fingerprint density at radius 2 is 1.57 bits per heavy atom. The van der Waals surface area contributed by atoms with Gasteiger partial charge in [0.15, 0.2) is 6.61 Å². The molecule has 3 aromatic carbocycles. The summed E-state index contributed by atoms with van der Waals surface area (Å²) in [5, 5.41) is 11.3. The molecule has 0 spiro atoms. The number of hydrogen-bond acceptors (Lipinski definition) is 8. The zero-order valence-corrected chi connectivity index (χ0v) is 30.1. The lowest BCUT2D eigenvalue weighted by Gasteiger charge is -2.36. The number of hydrogen-bond donors (Lipinski definition) is 4. The summed E-state index contributed by atoms with van der Waals surface area (Å²) in [6, 6.07) is 21.8. The van der Waals surface area contributed by atoms with E-state index in [1.807, 2.05) is 18.2 Å². The molecule has 0 radical (unpaired) electrons. The predicted molar refractivity (Wildman–Crippen MR) is 197 cm³/mol. The van der Waals surface area contributed by atoms with E-state index in [0.29, 0.717) is 54.8 Å². The van der Waals surface area contributed by atoms with Gasteiger partial charge in [-0.15, -0.1) is 0 Å². The Balaban J connectivity index is 1.23. The smallest absolute Gasteiger partial charge is 0.338 e. The second-order valence-corrected chi connectivity index (χ2v) is 13.5. The van der Waals surface area contributed by atoms with Gasteiger partial charge in [-0.25, -0.2) is 4.79 Å². The van der Waals surface area contributed by atoms with Gasteiger partial charge in [-0.2, -0.15) is 0 Å². The molecule has 0 aliphatic carbocycles. The van der Waals surface area contributed by atoms with Crippen molar-refractivity contribution < 1.29 is 38.2 Å². The van der Waals surface area contributed by atoms with E-state index in [1.54, 1.807) is 80.6 Å². The summed E-state index contributed by atoms with van der Waals surface area (Å²) in [5.74, 6) is -2.17. The highest BCUT2D eigenvalue weighted by Gasteiger charge is 2.43. The molecule has 5 rings (SSSR count). The average Bonchev–Trinajstić information content (AvgIpc) is 3.67. The molecule has 4 atom stereocenters. The maximum Gasteiger partial charge on any atom is 0.338 e. The standard InChI is InChI=1S/C40H47N5O8/c1-3-40(2)39(51)43-32(25-27-19-21-30(22-20-27)53-26-34(46)41-29-15-8-5-9-16-29)37(49)45-23-12-18-33(45)36(48)42-31(35(47)44-40)17-10-11-24-52-38(50)28-13-6-4-7-14-28/h4-9,13-16,19-22,31-33H,3,10-12,17-18,23-26H2,1-2H3,(H,41,46)(H,42,48)(H,43,51)(H,44,47)/t31-,32-,33+,40-/m0/s1. The van der Waals surface area contributed by atoms with Gasteiger partial charge in [0.25, 0.3) is 5.91 Å². The molecule has 280 valence electrons. The predicted octanol–water partition coefficient (Wildman–Crippen LogP) is 3.53. The molecular weight excluding hydrogens is 678 g/mol. The van der Waals surface area contributed by atoms with E-state index in [2.05, 4.69) is 21.3 Å². The normalized spacial score (nSPS) is 21.9. The van der Waals surface area contributed by atoms with Crippen LogP contribution >= 0.6 is 0 Å². The van der Waals surface area contributed by atoms with Crippen molar-refractivity contribution in [3.05, 3.63) is 96.1 Å². The SMILES string of the molecule is CC[C@]1(C)NC(=O)[C@H](CCCCOC(=O)c2ccccc2)NC(=O)[C@H]2CCCN2C(=O)[C@H](Cc2ccc(OCC(=O)Nc3ccccc3)cc2)NC1=O. The highest BCUT2D eigenvalue weighted by molar-refractivity contribution is 5.99. The number of anilines is 1. The molecule has 13 nitrogen and oxygen atoms in total. The third-order valence-electron chi connectivity index (χ3n) is 9.60. The number of nitrogens with zero attached hydrogens (tertiary/aromatic N) is 1. The second-order valence-electron chi connectivity index (χ2n) is 13.5. The minimum Gasteiger partial charge on any atom is -0.484 e. The molecule has 53 heavy (non-hydrogen) atoms. The van der Waals surface area contributed by atoms with Crippen LogP contribution in [0.25, 0.3) is 0 Å². The molecule has 2 aliphatic heterocycles. The van der Waals surface area contributed by atoms with Gasteiger partial charge in [0.2, 0.25) is 23.6 Å². The topological polar surface area (TPSA) is 172 Å². The van der Waals surface area contributed by atoms with Gasteiger partial charge in [0, 0.05) is 18.7 Å². The number of benzene rings is 3. The van der Waals surface area contributed by atoms with Crippen molar-refractivity contribution >= 4 is 41.2 Å². The number of para-hydroxylation sites is 1. The largest absolute Gasteiger partial charge is 0.484 e. The van der Waals surface area contributed by atoms with Crippen LogP contribution in [0.5, 0.6) is 5.75 Å². The highest BCUT2D eigenvalue weighted by Crippen LogP contribution is 2.23. The first kappa shape index (κ1) is 38.5. The van der Waals surface area contributed by atoms with Gasteiger partial charge in [-0.05, 0) is 87.4 Å². The maximum atomic E-state index is 14.1. The first-order valence-electron chi connectivity index (χ1n) is 18.1. The summed E-state index contributed by atoms with van der Waals surface area (Å²) in [7, 11) is 0. The van der Waals surface area contributed by atoms with Crippen LogP contribution in [-0.4, -0.2) is 83.8 Å². The quantitative estimate of drug-likeness (QED) is 0.153. The highest BCUT2D eigenvalue weighted by atomic mass is 16.5. The van der Waals surface area contributed by atoms with E-state index in [9.17, 15) is 28.8 Å². The monoisotopic (exact) mass is 725 g/mol. The number of unbranched alkanes of at least 4 members (excludes halogenated alkanes) is 1. The van der Waals surface area contributed by atoms with Gasteiger partial charge < -0.3 is 35.6 Å². The lowest BCUT2D eigenvalue weighted by molar-refractivity contribution is -0.144. The van der Waals surface area contributed by atoms with Gasteiger partial charge >= 0.3 is 5.97 Å². The fourth-order valence-corrected chi connectivity index (χ4v) is 6.32. The minimum absolute atomic E-state index is 0.120. The van der Waals surface area contributed by atoms with Crippen LogP contribution in [-0.2, 0) is 35.1 Å². The maximum absolute atomic E-state index is 14.1. The van der Waals surface area contributed by atoms with Gasteiger partial charge in [0.05, 0.1) is 12.2 Å². The van der Waals surface area contributed by atoms with Crippen LogP contribution in [0.15, 0.2) is 84.9 Å². The van der Waals surface area contributed by atoms with Crippen molar-refractivity contribution in [2.75, 3.05) is 25.1 Å². The third-order valence-corrected chi connectivity index (χ3v) is 9.60. The van der Waals surface area contributed by atoms with Crippen molar-refractivity contribution in [2.24, 2.45) is 0 Å². The lowest BCUT2D eigenvalue weighted by Crippen LogP contribution is -2.65. The number of carbonyl (C=O) groups is 6. The zero-order valence-electron chi connectivity index (χ0n) is 30.1. The van der Waals surface area contributed by atoms with E-state index in [-0.39, 0.29) is 38.4 Å². The van der Waals surface area contributed by atoms with Gasteiger partial charge in [-0.1, -0.05) is 55.5 Å². The Kier molecular flexibility index (Phi) is 13.2. The molecule has 3 aromatic rings. The van der Waals surface area contributed by atoms with Crippen molar-refractivity contribution in [1.82, 2.24) is 20.9 Å². The van der Waals surface area contributed by atoms with Crippen LogP contribution in [0, 0.1) is 0 Å². The average molecular weight is 726 g/mol. The van der Waals surface area contributed by atoms with Gasteiger partial charge in [-0.3, -0.25) is 24.0 Å². The van der Waals surface area contributed by atoms with Crippen LogP contribution in [0.3, 0.4) is 0 Å². The van der Waals surface area contributed by atoms with Crippen LogP contribution < -0.4 is 26.0 Å². The molecular formula is C40H47N5O8. The number of fused-ring (bicyclic) bond motifs is 1. The summed E-state index contributed by atoms with van der Waals surface area (Å²) >= 11 is 0. The van der Waals surface area contributed by atoms with Gasteiger partial charge in [0.1, 0.15) is 29.4 Å². The Bertz CT molecular complexity index is 1750. The number of ether oxygens (including phenoxy) is 2. The van der Waals surface area contributed by atoms with Crippen LogP contribution in [0.4, 0.5) is 5.69 Å². The zero-order chi connectivity index (χ0) is 37.8. The summed E-state index contributed by atoms with van der Waals surface area (Å²) in [6.45, 7) is 3.62. The molecule has 2 fully saturated rings. The summed E-state index contributed by atoms with van der Waals surface area (Å²) in [6.07, 6.45) is 2.49. The molecule has 2 saturated heterocycles. The Morgan fingerprint density at radius 1 is 0.868 bits per heavy atom. The lowest BCUT2D eigenvalue weighted by atomic mass is 9.94. The van der Waals surface area contributed by atoms with E-state index in [0.717, 1.165) is 0 Å². The van der Waals surface area contributed by atoms with E-state index >= 15 is 0 Å². The number of carbonyl (C=O) groups excluding carboxylic acids is 6.